The van der Waals surface area contributed by atoms with Crippen molar-refractivity contribution < 1.29 is 19.4 Å². The summed E-state index contributed by atoms with van der Waals surface area (Å²) in [5.74, 6) is 0.433. The normalized spacial score (nSPS) is 10.6. The summed E-state index contributed by atoms with van der Waals surface area (Å²) >= 11 is 9.13. The number of phenolic OH excluding ortho intramolecular Hbond substituents is 1. The van der Waals surface area contributed by atoms with E-state index in [0.717, 1.165) is 0 Å². The molecule has 0 spiro atoms. The highest BCUT2D eigenvalue weighted by Crippen LogP contribution is 2.28. The molecule has 0 aliphatic carbocycles. The van der Waals surface area contributed by atoms with Crippen molar-refractivity contribution in [2.75, 3.05) is 13.7 Å². The van der Waals surface area contributed by atoms with E-state index in [0.29, 0.717) is 26.6 Å². The summed E-state index contributed by atoms with van der Waals surface area (Å²) in [6.45, 7) is -0.198. The van der Waals surface area contributed by atoms with Crippen LogP contribution in [0.3, 0.4) is 0 Å². The Kier molecular flexibility index (Phi) is 6.45. The number of nitrogens with zero attached hydrogens (tertiary/aromatic N) is 1. The first-order chi connectivity index (χ1) is 11.5. The Bertz CT molecular complexity index is 768. The Morgan fingerprint density at radius 1 is 1.33 bits per heavy atom. The van der Waals surface area contributed by atoms with Gasteiger partial charge in [0.15, 0.2) is 18.1 Å². The third-order valence-electron chi connectivity index (χ3n) is 2.86. The van der Waals surface area contributed by atoms with Crippen LogP contribution < -0.4 is 14.9 Å². The fourth-order valence-corrected chi connectivity index (χ4v) is 2.52. The first kappa shape index (κ1) is 18.1. The summed E-state index contributed by atoms with van der Waals surface area (Å²) in [4.78, 5) is 11.7. The van der Waals surface area contributed by atoms with E-state index in [1.165, 1.54) is 19.4 Å². The van der Waals surface area contributed by atoms with Crippen molar-refractivity contribution in [1.82, 2.24) is 5.43 Å². The molecule has 0 aliphatic heterocycles. The molecule has 0 atom stereocenters. The molecule has 24 heavy (non-hydrogen) atoms. The standard InChI is InChI=1S/C16H14BrClN2O4/c1-23-15-6-10(2-4-13(15)21)8-19-20-16(22)9-24-14-5-3-11(18)7-12(14)17/h2-8,21H,9H2,1H3,(H,20,22)/b19-8+. The summed E-state index contributed by atoms with van der Waals surface area (Å²) < 4.78 is 11.0. The zero-order chi connectivity index (χ0) is 17.5. The molecule has 6 nitrogen and oxygen atoms in total. The zero-order valence-electron chi connectivity index (χ0n) is 12.6. The maximum Gasteiger partial charge on any atom is 0.277 e. The molecule has 2 aromatic rings. The second-order valence-corrected chi connectivity index (χ2v) is 5.88. The molecule has 126 valence electrons. The molecule has 0 saturated carbocycles. The van der Waals surface area contributed by atoms with Crippen molar-refractivity contribution in [3.8, 4) is 17.2 Å². The van der Waals surface area contributed by atoms with Crippen LogP contribution in [0, 0.1) is 0 Å². The summed E-state index contributed by atoms with van der Waals surface area (Å²) in [6.07, 6.45) is 1.43. The second kappa shape index (κ2) is 8.56. The van der Waals surface area contributed by atoms with Crippen molar-refractivity contribution in [2.24, 2.45) is 5.10 Å². The van der Waals surface area contributed by atoms with E-state index < -0.39 is 5.91 Å². The Morgan fingerprint density at radius 3 is 2.83 bits per heavy atom. The number of benzene rings is 2. The number of amides is 1. The predicted molar refractivity (Wildman–Crippen MR) is 95.0 cm³/mol. The van der Waals surface area contributed by atoms with Gasteiger partial charge in [0, 0.05) is 5.02 Å². The minimum atomic E-state index is -0.418. The Hall–Kier alpha value is -2.25. The van der Waals surface area contributed by atoms with Crippen LogP contribution in [-0.2, 0) is 4.79 Å². The lowest BCUT2D eigenvalue weighted by atomic mass is 10.2. The lowest BCUT2D eigenvalue weighted by Gasteiger charge is -2.07. The SMILES string of the molecule is COc1cc(/C=N/NC(=O)COc2ccc(Cl)cc2Br)ccc1O. The number of carbonyl (C=O) groups is 1. The van der Waals surface area contributed by atoms with Crippen LogP contribution in [0.25, 0.3) is 0 Å². The van der Waals surface area contributed by atoms with Gasteiger partial charge in [-0.1, -0.05) is 11.6 Å². The minimum Gasteiger partial charge on any atom is -0.504 e. The van der Waals surface area contributed by atoms with Crippen molar-refractivity contribution in [2.45, 2.75) is 0 Å². The van der Waals surface area contributed by atoms with Crippen molar-refractivity contribution >= 4 is 39.7 Å². The number of hydrazone groups is 1. The molecule has 0 fully saturated rings. The molecule has 0 aromatic heterocycles. The highest BCUT2D eigenvalue weighted by Gasteiger charge is 2.06. The van der Waals surface area contributed by atoms with E-state index in [-0.39, 0.29) is 12.4 Å². The van der Waals surface area contributed by atoms with Crippen LogP contribution in [-0.4, -0.2) is 30.9 Å². The number of phenols is 1. The topological polar surface area (TPSA) is 80.2 Å². The number of halogens is 2. The van der Waals surface area contributed by atoms with E-state index in [1.54, 1.807) is 30.3 Å². The first-order valence-electron chi connectivity index (χ1n) is 6.76. The van der Waals surface area contributed by atoms with E-state index in [2.05, 4.69) is 26.5 Å². The lowest BCUT2D eigenvalue weighted by molar-refractivity contribution is -0.123. The average molecular weight is 414 g/mol. The number of nitrogens with one attached hydrogen (secondary N) is 1. The molecule has 0 saturated heterocycles. The third-order valence-corrected chi connectivity index (χ3v) is 3.71. The molecule has 8 heteroatoms. The van der Waals surface area contributed by atoms with Gasteiger partial charge < -0.3 is 14.6 Å². The summed E-state index contributed by atoms with van der Waals surface area (Å²) in [7, 11) is 1.45. The van der Waals surface area contributed by atoms with Gasteiger partial charge in [0.25, 0.3) is 5.91 Å². The fraction of sp³-hybridized carbons (Fsp3) is 0.125. The van der Waals surface area contributed by atoms with Crippen LogP contribution in [0.5, 0.6) is 17.2 Å². The van der Waals surface area contributed by atoms with Gasteiger partial charge in [-0.3, -0.25) is 4.79 Å². The van der Waals surface area contributed by atoms with Gasteiger partial charge in [0.1, 0.15) is 5.75 Å². The van der Waals surface area contributed by atoms with Gasteiger partial charge in [-0.25, -0.2) is 5.43 Å². The van der Waals surface area contributed by atoms with Gasteiger partial charge >= 0.3 is 0 Å². The van der Waals surface area contributed by atoms with E-state index in [1.807, 2.05) is 0 Å². The second-order valence-electron chi connectivity index (χ2n) is 4.59. The zero-order valence-corrected chi connectivity index (χ0v) is 15.0. The molecule has 0 bridgehead atoms. The Labute approximate surface area is 152 Å². The number of carbonyl (C=O) groups excluding carboxylic acids is 1. The molecule has 2 rings (SSSR count). The number of hydrogen-bond donors (Lipinski definition) is 2. The molecule has 0 unspecified atom stereocenters. The van der Waals surface area contributed by atoms with E-state index in [4.69, 9.17) is 21.1 Å². The van der Waals surface area contributed by atoms with Crippen LogP contribution in [0.1, 0.15) is 5.56 Å². The quantitative estimate of drug-likeness (QED) is 0.562. The van der Waals surface area contributed by atoms with E-state index >= 15 is 0 Å². The number of ether oxygens (including phenoxy) is 2. The van der Waals surface area contributed by atoms with Crippen molar-refractivity contribution in [1.29, 1.82) is 0 Å². The summed E-state index contributed by atoms with van der Waals surface area (Å²) in [5, 5.41) is 13.9. The van der Waals surface area contributed by atoms with Gasteiger partial charge in [0.2, 0.25) is 0 Å². The lowest BCUT2D eigenvalue weighted by Crippen LogP contribution is -2.24. The van der Waals surface area contributed by atoms with Gasteiger partial charge in [-0.15, -0.1) is 0 Å². The fourth-order valence-electron chi connectivity index (χ4n) is 1.72. The number of hydrogen-bond acceptors (Lipinski definition) is 5. The maximum absolute atomic E-state index is 11.7. The molecule has 0 radical (unpaired) electrons. The molecule has 0 heterocycles. The monoisotopic (exact) mass is 412 g/mol. The number of methoxy groups -OCH3 is 1. The highest BCUT2D eigenvalue weighted by atomic mass is 79.9. The smallest absolute Gasteiger partial charge is 0.277 e. The Balaban J connectivity index is 1.86. The highest BCUT2D eigenvalue weighted by molar-refractivity contribution is 9.10. The molecule has 1 amide bonds. The molecular weight excluding hydrogens is 400 g/mol. The van der Waals surface area contributed by atoms with Gasteiger partial charge in [-0.2, -0.15) is 5.10 Å². The average Bonchev–Trinajstić information content (AvgIpc) is 2.55. The van der Waals surface area contributed by atoms with E-state index in [9.17, 15) is 9.90 Å². The van der Waals surface area contributed by atoms with Crippen LogP contribution >= 0.6 is 27.5 Å². The van der Waals surface area contributed by atoms with Crippen molar-refractivity contribution in [3.63, 3.8) is 0 Å². The molecular formula is C16H14BrClN2O4. The minimum absolute atomic E-state index is 0.0284. The Morgan fingerprint density at radius 2 is 2.12 bits per heavy atom. The van der Waals surface area contributed by atoms with Crippen molar-refractivity contribution in [3.05, 3.63) is 51.5 Å². The predicted octanol–water partition coefficient (Wildman–Crippen LogP) is 3.35. The molecule has 0 aliphatic rings. The third kappa shape index (κ3) is 5.14. The molecule has 2 N–H and O–H groups in total. The summed E-state index contributed by atoms with van der Waals surface area (Å²) in [5.41, 5.74) is 3.00. The molecule has 2 aromatic carbocycles. The summed E-state index contributed by atoms with van der Waals surface area (Å²) in [6, 6.07) is 9.69. The maximum atomic E-state index is 11.7. The van der Waals surface area contributed by atoms with Crippen LogP contribution in [0.2, 0.25) is 5.02 Å². The van der Waals surface area contributed by atoms with Crippen LogP contribution in [0.15, 0.2) is 46.0 Å². The first-order valence-corrected chi connectivity index (χ1v) is 7.93. The van der Waals surface area contributed by atoms with Gasteiger partial charge in [0.05, 0.1) is 17.8 Å². The largest absolute Gasteiger partial charge is 0.504 e. The van der Waals surface area contributed by atoms with Crippen LogP contribution in [0.4, 0.5) is 0 Å². The van der Waals surface area contributed by atoms with Gasteiger partial charge in [-0.05, 0) is 57.9 Å². The number of rotatable bonds is 6. The number of aromatic hydroxyl groups is 1.